The number of anilines is 4. The van der Waals surface area contributed by atoms with Crippen molar-refractivity contribution in [1.82, 2.24) is 29.7 Å². The second-order valence-electron chi connectivity index (χ2n) is 13.9. The maximum Gasteiger partial charge on any atom is 0.307 e. The molecule has 3 N–H and O–H groups in total. The van der Waals surface area contributed by atoms with E-state index in [0.29, 0.717) is 25.3 Å². The second-order valence-corrected chi connectivity index (χ2v) is 13.9. The third-order valence-corrected chi connectivity index (χ3v) is 10.4. The summed E-state index contributed by atoms with van der Waals surface area (Å²) < 4.78 is 0. The minimum Gasteiger partial charge on any atom is -0.481 e. The molecular formula is C41H42N8O2. The standard InChI is InChI=1S/C41H42N8O2/c1-26-33(7-5-9-35(26)46-39-37-30(11-14-42-39)19-28(21-44-37)23-48-16-3-4-17-48)34-8-6-10-36(27(34)2)47-40-38-31(12-15-43-40)20-29(22-45-38)24-49-18-13-32(25-49)41(50)51/h5-12,14-15,19-22,32H,3-4,13,16-18,23-25H2,1-2H3,(H,42,46)(H,43,47)(H,50,51)/t32-/m1/s1. The highest BCUT2D eigenvalue weighted by atomic mass is 16.4. The van der Waals surface area contributed by atoms with Crippen LogP contribution >= 0.6 is 0 Å². The van der Waals surface area contributed by atoms with Crippen LogP contribution in [0.1, 0.15) is 41.5 Å². The van der Waals surface area contributed by atoms with Crippen LogP contribution in [0.15, 0.2) is 85.5 Å². The number of nitrogens with one attached hydrogen (secondary N) is 2. The first-order chi connectivity index (χ1) is 24.9. The molecule has 2 aliphatic heterocycles. The number of rotatable bonds is 10. The normalized spacial score (nSPS) is 16.6. The molecule has 8 rings (SSSR count). The number of carboxylic acids is 1. The Hall–Kier alpha value is -5.45. The molecule has 0 bridgehead atoms. The molecule has 0 spiro atoms. The third-order valence-electron chi connectivity index (χ3n) is 10.4. The number of pyridine rings is 4. The van der Waals surface area contributed by atoms with E-state index in [2.05, 4.69) is 87.8 Å². The minimum absolute atomic E-state index is 0.295. The number of fused-ring (bicyclic) bond motifs is 2. The van der Waals surface area contributed by atoms with Gasteiger partial charge < -0.3 is 15.7 Å². The van der Waals surface area contributed by atoms with E-state index in [4.69, 9.17) is 15.0 Å². The summed E-state index contributed by atoms with van der Waals surface area (Å²) in [6.45, 7) is 9.56. The smallest absolute Gasteiger partial charge is 0.307 e. The second kappa shape index (κ2) is 14.0. The van der Waals surface area contributed by atoms with Crippen LogP contribution in [0.25, 0.3) is 32.9 Å². The zero-order valence-corrected chi connectivity index (χ0v) is 29.1. The van der Waals surface area contributed by atoms with Gasteiger partial charge in [-0.15, -0.1) is 0 Å². The predicted octanol–water partition coefficient (Wildman–Crippen LogP) is 7.85. The van der Waals surface area contributed by atoms with E-state index in [1.54, 1.807) is 6.20 Å². The van der Waals surface area contributed by atoms with Gasteiger partial charge >= 0.3 is 5.97 Å². The van der Waals surface area contributed by atoms with Crippen LogP contribution < -0.4 is 10.6 Å². The van der Waals surface area contributed by atoms with Crippen molar-refractivity contribution >= 4 is 50.8 Å². The van der Waals surface area contributed by atoms with E-state index in [0.717, 1.165) is 93.0 Å². The number of aliphatic carboxylic acids is 1. The van der Waals surface area contributed by atoms with Gasteiger partial charge in [-0.2, -0.15) is 0 Å². The van der Waals surface area contributed by atoms with E-state index in [-0.39, 0.29) is 5.92 Å². The first kappa shape index (κ1) is 32.7. The summed E-state index contributed by atoms with van der Waals surface area (Å²) >= 11 is 0. The molecule has 0 amide bonds. The summed E-state index contributed by atoms with van der Waals surface area (Å²) in [4.78, 5) is 35.1. The van der Waals surface area contributed by atoms with Crippen molar-refractivity contribution in [3.8, 4) is 11.1 Å². The molecule has 2 aliphatic rings. The number of benzene rings is 2. The van der Waals surface area contributed by atoms with Gasteiger partial charge in [0.2, 0.25) is 0 Å². The number of carboxylic acid groups (broad SMARTS) is 1. The first-order valence-electron chi connectivity index (χ1n) is 17.8. The maximum atomic E-state index is 11.4. The van der Waals surface area contributed by atoms with E-state index < -0.39 is 5.97 Å². The number of hydrogen-bond acceptors (Lipinski definition) is 9. The Morgan fingerprint density at radius 2 is 1.25 bits per heavy atom. The van der Waals surface area contributed by atoms with Crippen molar-refractivity contribution < 1.29 is 9.90 Å². The summed E-state index contributed by atoms with van der Waals surface area (Å²) in [7, 11) is 0. The number of aromatic nitrogens is 4. The molecule has 2 aromatic carbocycles. The van der Waals surface area contributed by atoms with Crippen molar-refractivity contribution in [1.29, 1.82) is 0 Å². The fourth-order valence-electron chi connectivity index (χ4n) is 7.58. The van der Waals surface area contributed by atoms with Gasteiger partial charge in [0.25, 0.3) is 0 Å². The van der Waals surface area contributed by atoms with Gasteiger partial charge in [0.15, 0.2) is 11.6 Å². The molecule has 10 nitrogen and oxygen atoms in total. The lowest BCUT2D eigenvalue weighted by Gasteiger charge is -2.18. The monoisotopic (exact) mass is 678 g/mol. The molecular weight excluding hydrogens is 637 g/mol. The Labute approximate surface area is 297 Å². The van der Waals surface area contributed by atoms with Gasteiger partial charge in [-0.05, 0) is 123 Å². The fraction of sp³-hybridized carbons (Fsp3) is 0.293. The summed E-state index contributed by atoms with van der Waals surface area (Å²) in [5.41, 5.74) is 10.4. The number of hydrogen-bond donors (Lipinski definition) is 3. The van der Waals surface area contributed by atoms with Crippen LogP contribution in [0.2, 0.25) is 0 Å². The van der Waals surface area contributed by atoms with Crippen LogP contribution in [0.5, 0.6) is 0 Å². The molecule has 4 aromatic heterocycles. The average molecular weight is 679 g/mol. The highest BCUT2D eigenvalue weighted by Gasteiger charge is 2.28. The molecule has 1 atom stereocenters. The average Bonchev–Trinajstić information content (AvgIpc) is 3.83. The van der Waals surface area contributed by atoms with Gasteiger partial charge in [-0.25, -0.2) is 9.97 Å². The Balaban J connectivity index is 1.02. The van der Waals surface area contributed by atoms with Crippen molar-refractivity contribution in [3.05, 3.63) is 108 Å². The van der Waals surface area contributed by atoms with Gasteiger partial charge in [0.1, 0.15) is 11.0 Å². The molecule has 10 heteroatoms. The van der Waals surface area contributed by atoms with Gasteiger partial charge in [-0.3, -0.25) is 24.6 Å². The molecule has 6 aromatic rings. The molecule has 6 heterocycles. The Morgan fingerprint density at radius 3 is 1.76 bits per heavy atom. The van der Waals surface area contributed by atoms with E-state index in [1.807, 2.05) is 30.7 Å². The van der Waals surface area contributed by atoms with Crippen LogP contribution in [0.3, 0.4) is 0 Å². The lowest BCUT2D eigenvalue weighted by atomic mass is 9.94. The van der Waals surface area contributed by atoms with Crippen molar-refractivity contribution in [3.63, 3.8) is 0 Å². The van der Waals surface area contributed by atoms with Crippen LogP contribution in [0.4, 0.5) is 23.0 Å². The number of carbonyl (C=O) groups is 1. The van der Waals surface area contributed by atoms with Crippen molar-refractivity contribution in [2.24, 2.45) is 5.92 Å². The quantitative estimate of drug-likeness (QED) is 0.132. The van der Waals surface area contributed by atoms with Crippen LogP contribution in [0, 0.1) is 19.8 Å². The SMILES string of the molecule is Cc1c(Nc2nccc3cc(CN4CCCC4)cnc23)cccc1-c1cccc(Nc2nccc3cc(CN4CC[C@@H](C(=O)O)C4)cnc23)c1C. The lowest BCUT2D eigenvalue weighted by Crippen LogP contribution is -2.22. The Morgan fingerprint density at radius 1 is 0.725 bits per heavy atom. The predicted molar refractivity (Wildman–Crippen MR) is 203 cm³/mol. The summed E-state index contributed by atoms with van der Waals surface area (Å²) in [6.07, 6.45) is 10.8. The maximum absolute atomic E-state index is 11.4. The number of nitrogens with zero attached hydrogens (tertiary/aromatic N) is 6. The first-order valence-corrected chi connectivity index (χ1v) is 17.8. The van der Waals surface area contributed by atoms with E-state index in [9.17, 15) is 9.90 Å². The highest BCUT2D eigenvalue weighted by molar-refractivity contribution is 5.92. The van der Waals surface area contributed by atoms with E-state index >= 15 is 0 Å². The molecule has 0 aliphatic carbocycles. The molecule has 258 valence electrons. The fourth-order valence-corrected chi connectivity index (χ4v) is 7.58. The summed E-state index contributed by atoms with van der Waals surface area (Å²) in [5.74, 6) is 0.426. The van der Waals surface area contributed by atoms with E-state index in [1.165, 1.54) is 18.4 Å². The lowest BCUT2D eigenvalue weighted by molar-refractivity contribution is -0.141. The highest BCUT2D eigenvalue weighted by Crippen LogP contribution is 2.36. The molecule has 2 saturated heterocycles. The third kappa shape index (κ3) is 6.85. The topological polar surface area (TPSA) is 119 Å². The zero-order valence-electron chi connectivity index (χ0n) is 29.1. The van der Waals surface area contributed by atoms with Crippen LogP contribution in [-0.2, 0) is 17.9 Å². The van der Waals surface area contributed by atoms with Gasteiger partial charge in [0.05, 0.1) is 5.92 Å². The molecule has 0 saturated carbocycles. The van der Waals surface area contributed by atoms with Gasteiger partial charge in [0, 0.05) is 66.6 Å². The molecule has 0 radical (unpaired) electrons. The van der Waals surface area contributed by atoms with Crippen molar-refractivity contribution in [2.75, 3.05) is 36.8 Å². The largest absolute Gasteiger partial charge is 0.481 e. The summed E-state index contributed by atoms with van der Waals surface area (Å²) in [6, 6.07) is 21.0. The summed E-state index contributed by atoms with van der Waals surface area (Å²) in [5, 5.41) is 18.6. The Bertz CT molecular complexity index is 2250. The minimum atomic E-state index is -0.716. The molecule has 51 heavy (non-hydrogen) atoms. The number of likely N-dealkylation sites (tertiary alicyclic amines) is 2. The molecule has 0 unspecified atom stereocenters. The van der Waals surface area contributed by atoms with Gasteiger partial charge in [-0.1, -0.05) is 24.3 Å². The zero-order chi connectivity index (χ0) is 34.9. The molecule has 2 fully saturated rings. The van der Waals surface area contributed by atoms with Crippen LogP contribution in [-0.4, -0.2) is 67.0 Å². The Kier molecular flexibility index (Phi) is 9.02. The van der Waals surface area contributed by atoms with Crippen molar-refractivity contribution in [2.45, 2.75) is 46.2 Å².